The lowest BCUT2D eigenvalue weighted by Gasteiger charge is -2.18. The maximum atomic E-state index is 12.8. The van der Waals surface area contributed by atoms with Crippen LogP contribution >= 0.6 is 0 Å². The van der Waals surface area contributed by atoms with Gasteiger partial charge in [0, 0.05) is 0 Å². The number of hydrogen-bond acceptors (Lipinski definition) is 3. The highest BCUT2D eigenvalue weighted by Crippen LogP contribution is 2.31. The molecule has 0 aromatic heterocycles. The molecule has 2 rings (SSSR count). The standard InChI is InChI=1S/C21H24F3NO3/c1-4-27-18-10-9-16(13-19(18)28-5-2)14(3)25-20(26)12-15-7-6-8-17(11-15)21(22,23)24/h6-11,13-14H,4-5,12H2,1-3H3,(H,25,26)/t14-/m1/s1. The zero-order chi connectivity index (χ0) is 20.7. The number of ether oxygens (including phenoxy) is 2. The number of halogens is 3. The van der Waals surface area contributed by atoms with Gasteiger partial charge in [0.15, 0.2) is 11.5 Å². The summed E-state index contributed by atoms with van der Waals surface area (Å²) in [7, 11) is 0. The first-order valence-electron chi connectivity index (χ1n) is 9.09. The number of alkyl halides is 3. The molecule has 1 atom stereocenters. The van der Waals surface area contributed by atoms with Gasteiger partial charge in [0.25, 0.3) is 0 Å². The fourth-order valence-corrected chi connectivity index (χ4v) is 2.76. The van der Waals surface area contributed by atoms with Gasteiger partial charge in [-0.05, 0) is 50.1 Å². The predicted molar refractivity (Wildman–Crippen MR) is 100 cm³/mol. The second kappa shape index (κ2) is 9.48. The molecule has 0 radical (unpaired) electrons. The Balaban J connectivity index is 2.07. The van der Waals surface area contributed by atoms with Crippen LogP contribution in [0.3, 0.4) is 0 Å². The van der Waals surface area contributed by atoms with Gasteiger partial charge in [-0.2, -0.15) is 13.2 Å². The van der Waals surface area contributed by atoms with Crippen LogP contribution in [0.1, 0.15) is 43.5 Å². The first-order chi connectivity index (χ1) is 13.2. The highest BCUT2D eigenvalue weighted by atomic mass is 19.4. The Morgan fingerprint density at radius 2 is 1.71 bits per heavy atom. The fourth-order valence-electron chi connectivity index (χ4n) is 2.76. The van der Waals surface area contributed by atoms with Gasteiger partial charge in [-0.3, -0.25) is 4.79 Å². The average Bonchev–Trinajstić information content (AvgIpc) is 2.63. The van der Waals surface area contributed by atoms with E-state index in [4.69, 9.17) is 9.47 Å². The summed E-state index contributed by atoms with van der Waals surface area (Å²) in [5.74, 6) is 0.843. The molecule has 4 nitrogen and oxygen atoms in total. The molecule has 0 fully saturated rings. The molecule has 1 N–H and O–H groups in total. The van der Waals surface area contributed by atoms with E-state index in [-0.39, 0.29) is 18.4 Å². The molecule has 0 aliphatic carbocycles. The Kier molecular flexibility index (Phi) is 7.31. The van der Waals surface area contributed by atoms with E-state index in [1.54, 1.807) is 19.1 Å². The van der Waals surface area contributed by atoms with Gasteiger partial charge in [-0.15, -0.1) is 0 Å². The summed E-state index contributed by atoms with van der Waals surface area (Å²) in [6.45, 7) is 6.51. The van der Waals surface area contributed by atoms with E-state index in [1.165, 1.54) is 12.1 Å². The van der Waals surface area contributed by atoms with Gasteiger partial charge < -0.3 is 14.8 Å². The van der Waals surface area contributed by atoms with Crippen LogP contribution in [0.25, 0.3) is 0 Å². The van der Waals surface area contributed by atoms with Crippen molar-refractivity contribution in [3.8, 4) is 11.5 Å². The molecule has 0 aliphatic heterocycles. The Hall–Kier alpha value is -2.70. The van der Waals surface area contributed by atoms with Crippen molar-refractivity contribution in [1.29, 1.82) is 0 Å². The van der Waals surface area contributed by atoms with E-state index in [0.717, 1.165) is 17.7 Å². The lowest BCUT2D eigenvalue weighted by atomic mass is 10.1. The van der Waals surface area contributed by atoms with Crippen LogP contribution in [0.5, 0.6) is 11.5 Å². The van der Waals surface area contributed by atoms with Crippen molar-refractivity contribution in [2.24, 2.45) is 0 Å². The summed E-state index contributed by atoms with van der Waals surface area (Å²) in [5.41, 5.74) is 0.351. The van der Waals surface area contributed by atoms with Crippen LogP contribution in [0.4, 0.5) is 13.2 Å². The molecule has 0 aliphatic rings. The third-order valence-corrected chi connectivity index (χ3v) is 4.06. The van der Waals surface area contributed by atoms with Crippen molar-refractivity contribution in [3.05, 3.63) is 59.2 Å². The van der Waals surface area contributed by atoms with Gasteiger partial charge in [0.2, 0.25) is 5.91 Å². The van der Waals surface area contributed by atoms with Crippen molar-refractivity contribution in [2.45, 2.75) is 39.4 Å². The van der Waals surface area contributed by atoms with Crippen molar-refractivity contribution in [3.63, 3.8) is 0 Å². The first kappa shape index (κ1) is 21.6. The van der Waals surface area contributed by atoms with E-state index in [0.29, 0.717) is 30.3 Å². The molecule has 28 heavy (non-hydrogen) atoms. The molecule has 0 spiro atoms. The van der Waals surface area contributed by atoms with Gasteiger partial charge in [-0.1, -0.05) is 24.3 Å². The van der Waals surface area contributed by atoms with Crippen molar-refractivity contribution in [1.82, 2.24) is 5.32 Å². The van der Waals surface area contributed by atoms with Crippen LogP contribution in [0, 0.1) is 0 Å². The third kappa shape index (κ3) is 5.90. The number of nitrogens with one attached hydrogen (secondary N) is 1. The monoisotopic (exact) mass is 395 g/mol. The van der Waals surface area contributed by atoms with E-state index in [9.17, 15) is 18.0 Å². The molecule has 0 bridgehead atoms. The minimum atomic E-state index is -4.43. The van der Waals surface area contributed by atoms with Crippen molar-refractivity contribution < 1.29 is 27.4 Å². The molecule has 7 heteroatoms. The van der Waals surface area contributed by atoms with Crippen molar-refractivity contribution >= 4 is 5.91 Å². The second-order valence-electron chi connectivity index (χ2n) is 6.24. The maximum Gasteiger partial charge on any atom is 0.416 e. The molecule has 2 aromatic rings. The molecular weight excluding hydrogens is 371 g/mol. The molecule has 0 unspecified atom stereocenters. The number of hydrogen-bond donors (Lipinski definition) is 1. The number of amides is 1. The normalized spacial score (nSPS) is 12.4. The lowest BCUT2D eigenvalue weighted by Crippen LogP contribution is -2.28. The van der Waals surface area contributed by atoms with Crippen molar-refractivity contribution in [2.75, 3.05) is 13.2 Å². The van der Waals surface area contributed by atoms with E-state index < -0.39 is 11.7 Å². The summed E-state index contributed by atoms with van der Waals surface area (Å²) < 4.78 is 49.5. The molecular formula is C21H24F3NO3. The van der Waals surface area contributed by atoms with Gasteiger partial charge in [0.1, 0.15) is 0 Å². The molecule has 0 saturated heterocycles. The van der Waals surface area contributed by atoms with Gasteiger partial charge in [-0.25, -0.2) is 0 Å². The molecule has 1 amide bonds. The Bertz CT molecular complexity index is 806. The number of rotatable bonds is 8. The highest BCUT2D eigenvalue weighted by molar-refractivity contribution is 5.79. The Morgan fingerprint density at radius 1 is 1.04 bits per heavy atom. The van der Waals surface area contributed by atoms with E-state index in [1.807, 2.05) is 19.9 Å². The summed E-state index contributed by atoms with van der Waals surface area (Å²) in [6.07, 6.45) is -4.57. The summed E-state index contributed by atoms with van der Waals surface area (Å²) in [5, 5.41) is 2.81. The summed E-state index contributed by atoms with van der Waals surface area (Å²) >= 11 is 0. The Morgan fingerprint density at radius 3 is 2.36 bits per heavy atom. The van der Waals surface area contributed by atoms with Crippen LogP contribution in [-0.4, -0.2) is 19.1 Å². The molecule has 0 saturated carbocycles. The first-order valence-corrected chi connectivity index (χ1v) is 9.09. The van der Waals surface area contributed by atoms with Crippen LogP contribution < -0.4 is 14.8 Å². The zero-order valence-electron chi connectivity index (χ0n) is 16.1. The van der Waals surface area contributed by atoms with Crippen LogP contribution in [-0.2, 0) is 17.4 Å². The minimum Gasteiger partial charge on any atom is -0.490 e. The van der Waals surface area contributed by atoms with Gasteiger partial charge in [0.05, 0.1) is 31.2 Å². The van der Waals surface area contributed by atoms with Crippen LogP contribution in [0.15, 0.2) is 42.5 Å². The topological polar surface area (TPSA) is 47.6 Å². The molecule has 152 valence electrons. The van der Waals surface area contributed by atoms with E-state index >= 15 is 0 Å². The minimum absolute atomic E-state index is 0.135. The third-order valence-electron chi connectivity index (χ3n) is 4.06. The highest BCUT2D eigenvalue weighted by Gasteiger charge is 2.30. The molecule has 2 aromatic carbocycles. The van der Waals surface area contributed by atoms with E-state index in [2.05, 4.69) is 5.32 Å². The maximum absolute atomic E-state index is 12.8. The second-order valence-corrected chi connectivity index (χ2v) is 6.24. The number of benzene rings is 2. The smallest absolute Gasteiger partial charge is 0.416 e. The van der Waals surface area contributed by atoms with Gasteiger partial charge >= 0.3 is 6.18 Å². The predicted octanol–water partition coefficient (Wildman–Crippen LogP) is 4.92. The Labute approximate surface area is 162 Å². The average molecular weight is 395 g/mol. The quantitative estimate of drug-likeness (QED) is 0.690. The lowest BCUT2D eigenvalue weighted by molar-refractivity contribution is -0.137. The largest absolute Gasteiger partial charge is 0.490 e. The molecule has 0 heterocycles. The van der Waals surface area contributed by atoms with Crippen LogP contribution in [0.2, 0.25) is 0 Å². The number of carbonyl (C=O) groups is 1. The zero-order valence-corrected chi connectivity index (χ0v) is 16.1. The fraction of sp³-hybridized carbons (Fsp3) is 0.381. The summed E-state index contributed by atoms with van der Waals surface area (Å²) in [6, 6.07) is 9.84. The summed E-state index contributed by atoms with van der Waals surface area (Å²) in [4.78, 5) is 12.3. The SMILES string of the molecule is CCOc1ccc([C@@H](C)NC(=O)Cc2cccc(C(F)(F)F)c2)cc1OCC. The number of carbonyl (C=O) groups excluding carboxylic acids is 1.